The van der Waals surface area contributed by atoms with Gasteiger partial charge in [-0.25, -0.2) is 4.68 Å². The number of hydrogen-bond acceptors (Lipinski definition) is 4. The molecule has 1 N–H and O–H groups in total. The molecule has 4 rings (SSSR count). The Bertz CT molecular complexity index is 1040. The van der Waals surface area contributed by atoms with Gasteiger partial charge in [-0.3, -0.25) is 9.78 Å². The zero-order valence-corrected chi connectivity index (χ0v) is 15.8. The number of carbonyl (C=O) groups is 1. The van der Waals surface area contributed by atoms with Gasteiger partial charge in [0.2, 0.25) is 0 Å². The molecule has 4 aromatic rings. The van der Waals surface area contributed by atoms with Crippen molar-refractivity contribution in [1.29, 1.82) is 0 Å². The van der Waals surface area contributed by atoms with Gasteiger partial charge in [0.1, 0.15) is 5.76 Å². The summed E-state index contributed by atoms with van der Waals surface area (Å²) in [5.74, 6) is 0.504. The molecule has 1 amide bonds. The monoisotopic (exact) mass is 422 g/mol. The van der Waals surface area contributed by atoms with Crippen molar-refractivity contribution in [2.45, 2.75) is 6.54 Å². The van der Waals surface area contributed by atoms with Gasteiger partial charge in [0.05, 0.1) is 35.9 Å². The standard InChI is InChI=1S/C20H15BrN4O2/c21-16-4-6-17(7-5-16)25-13-15(11-24-25)19-8-3-14(10-22-19)20(26)23-12-18-2-1-9-27-18/h1-11,13H,12H2,(H,23,26). The zero-order valence-electron chi connectivity index (χ0n) is 14.2. The number of halogens is 1. The van der Waals surface area contributed by atoms with Gasteiger partial charge in [-0.05, 0) is 48.5 Å². The molecule has 0 spiro atoms. The Morgan fingerprint density at radius 2 is 1.96 bits per heavy atom. The van der Waals surface area contributed by atoms with E-state index in [0.717, 1.165) is 21.4 Å². The Kier molecular flexibility index (Phi) is 4.84. The fourth-order valence-corrected chi connectivity index (χ4v) is 2.84. The largest absolute Gasteiger partial charge is 0.467 e. The van der Waals surface area contributed by atoms with Crippen LogP contribution in [0.1, 0.15) is 16.1 Å². The van der Waals surface area contributed by atoms with Crippen LogP contribution in [0.15, 0.2) is 82.3 Å². The highest BCUT2D eigenvalue weighted by molar-refractivity contribution is 9.10. The van der Waals surface area contributed by atoms with E-state index in [1.807, 2.05) is 42.6 Å². The molecule has 0 saturated carbocycles. The summed E-state index contributed by atoms with van der Waals surface area (Å²) in [6.07, 6.45) is 6.79. The van der Waals surface area contributed by atoms with Crippen molar-refractivity contribution in [2.75, 3.05) is 0 Å². The maximum Gasteiger partial charge on any atom is 0.253 e. The second-order valence-electron chi connectivity index (χ2n) is 5.84. The van der Waals surface area contributed by atoms with Gasteiger partial charge >= 0.3 is 0 Å². The predicted octanol–water partition coefficient (Wildman–Crippen LogP) is 4.22. The SMILES string of the molecule is O=C(NCc1ccco1)c1ccc(-c2cnn(-c3ccc(Br)cc3)c2)nc1. The molecule has 3 heterocycles. The molecular formula is C20H15BrN4O2. The lowest BCUT2D eigenvalue weighted by molar-refractivity contribution is 0.0947. The Hall–Kier alpha value is -3.19. The maximum atomic E-state index is 12.2. The third-order valence-electron chi connectivity index (χ3n) is 4.00. The second kappa shape index (κ2) is 7.59. The van der Waals surface area contributed by atoms with Crippen LogP contribution in [-0.2, 0) is 6.54 Å². The molecule has 0 bridgehead atoms. The lowest BCUT2D eigenvalue weighted by atomic mass is 10.2. The van der Waals surface area contributed by atoms with Crippen molar-refractivity contribution in [3.8, 4) is 16.9 Å². The molecule has 27 heavy (non-hydrogen) atoms. The van der Waals surface area contributed by atoms with Crippen LogP contribution in [0.25, 0.3) is 16.9 Å². The highest BCUT2D eigenvalue weighted by Gasteiger charge is 2.09. The summed E-state index contributed by atoms with van der Waals surface area (Å²) in [5, 5.41) is 7.18. The molecule has 0 aliphatic carbocycles. The van der Waals surface area contributed by atoms with Crippen molar-refractivity contribution in [2.24, 2.45) is 0 Å². The minimum Gasteiger partial charge on any atom is -0.467 e. The van der Waals surface area contributed by atoms with Crippen molar-refractivity contribution < 1.29 is 9.21 Å². The molecule has 0 atom stereocenters. The van der Waals surface area contributed by atoms with Crippen LogP contribution in [-0.4, -0.2) is 20.7 Å². The van der Waals surface area contributed by atoms with Gasteiger partial charge in [0.15, 0.2) is 0 Å². The molecule has 0 fully saturated rings. The van der Waals surface area contributed by atoms with E-state index in [-0.39, 0.29) is 5.91 Å². The van der Waals surface area contributed by atoms with Gasteiger partial charge < -0.3 is 9.73 Å². The number of amides is 1. The van der Waals surface area contributed by atoms with Crippen LogP contribution in [0.3, 0.4) is 0 Å². The fourth-order valence-electron chi connectivity index (χ4n) is 2.57. The van der Waals surface area contributed by atoms with Crippen molar-refractivity contribution in [1.82, 2.24) is 20.1 Å². The van der Waals surface area contributed by atoms with Crippen LogP contribution in [0.5, 0.6) is 0 Å². The normalized spacial score (nSPS) is 10.7. The molecule has 0 aliphatic rings. The summed E-state index contributed by atoms with van der Waals surface area (Å²) < 4.78 is 8.00. The predicted molar refractivity (Wildman–Crippen MR) is 104 cm³/mol. The van der Waals surface area contributed by atoms with E-state index in [1.165, 1.54) is 0 Å². The van der Waals surface area contributed by atoms with Gasteiger partial charge in [-0.1, -0.05) is 15.9 Å². The number of rotatable bonds is 5. The van der Waals surface area contributed by atoms with Crippen LogP contribution in [0.2, 0.25) is 0 Å². The molecule has 0 unspecified atom stereocenters. The molecule has 0 radical (unpaired) electrons. The molecule has 3 aromatic heterocycles. The van der Waals surface area contributed by atoms with Crippen molar-refractivity contribution in [3.63, 3.8) is 0 Å². The van der Waals surface area contributed by atoms with Crippen LogP contribution in [0, 0.1) is 0 Å². The molecule has 7 heteroatoms. The Balaban J connectivity index is 1.46. The first-order chi connectivity index (χ1) is 13.2. The van der Waals surface area contributed by atoms with Crippen LogP contribution >= 0.6 is 15.9 Å². The number of nitrogens with zero attached hydrogens (tertiary/aromatic N) is 3. The lowest BCUT2D eigenvalue weighted by Crippen LogP contribution is -2.22. The van der Waals surface area contributed by atoms with Crippen LogP contribution < -0.4 is 5.32 Å². The first kappa shape index (κ1) is 17.2. The first-order valence-corrected chi connectivity index (χ1v) is 9.06. The lowest BCUT2D eigenvalue weighted by Gasteiger charge is -2.04. The first-order valence-electron chi connectivity index (χ1n) is 8.27. The molecular weight excluding hydrogens is 408 g/mol. The number of nitrogens with one attached hydrogen (secondary N) is 1. The average Bonchev–Trinajstić information content (AvgIpc) is 3.39. The van der Waals surface area contributed by atoms with E-state index in [9.17, 15) is 4.79 Å². The minimum absolute atomic E-state index is 0.198. The number of furan rings is 1. The highest BCUT2D eigenvalue weighted by Crippen LogP contribution is 2.19. The van der Waals surface area contributed by atoms with E-state index in [4.69, 9.17) is 4.42 Å². The van der Waals surface area contributed by atoms with Gasteiger partial charge in [0, 0.05) is 22.4 Å². The summed E-state index contributed by atoms with van der Waals surface area (Å²) in [4.78, 5) is 16.6. The maximum absolute atomic E-state index is 12.2. The summed E-state index contributed by atoms with van der Waals surface area (Å²) in [6.45, 7) is 0.341. The highest BCUT2D eigenvalue weighted by atomic mass is 79.9. The zero-order chi connectivity index (χ0) is 18.6. The second-order valence-corrected chi connectivity index (χ2v) is 6.76. The number of benzene rings is 1. The van der Waals surface area contributed by atoms with Gasteiger partial charge in [0.25, 0.3) is 5.91 Å². The number of pyridine rings is 1. The number of aromatic nitrogens is 3. The minimum atomic E-state index is -0.198. The van der Waals surface area contributed by atoms with Gasteiger partial charge in [-0.2, -0.15) is 5.10 Å². The third kappa shape index (κ3) is 3.98. The topological polar surface area (TPSA) is 73.0 Å². The Morgan fingerprint density at radius 3 is 2.67 bits per heavy atom. The number of hydrogen-bond donors (Lipinski definition) is 1. The van der Waals surface area contributed by atoms with Crippen molar-refractivity contribution in [3.05, 3.63) is 89.2 Å². The smallest absolute Gasteiger partial charge is 0.253 e. The Labute approximate surface area is 164 Å². The molecule has 6 nitrogen and oxygen atoms in total. The number of carbonyl (C=O) groups excluding carboxylic acids is 1. The fraction of sp³-hybridized carbons (Fsp3) is 0.0500. The van der Waals surface area contributed by atoms with E-state index in [1.54, 1.807) is 35.5 Å². The summed E-state index contributed by atoms with van der Waals surface area (Å²) in [7, 11) is 0. The molecule has 134 valence electrons. The summed E-state index contributed by atoms with van der Waals surface area (Å²) in [5.41, 5.74) is 3.07. The van der Waals surface area contributed by atoms with E-state index >= 15 is 0 Å². The summed E-state index contributed by atoms with van der Waals surface area (Å²) >= 11 is 3.42. The average molecular weight is 423 g/mol. The third-order valence-corrected chi connectivity index (χ3v) is 4.53. The van der Waals surface area contributed by atoms with E-state index < -0.39 is 0 Å². The van der Waals surface area contributed by atoms with E-state index in [0.29, 0.717) is 17.9 Å². The molecule has 0 aliphatic heterocycles. The van der Waals surface area contributed by atoms with Crippen molar-refractivity contribution >= 4 is 21.8 Å². The quantitative estimate of drug-likeness (QED) is 0.522. The molecule has 0 saturated heterocycles. The summed E-state index contributed by atoms with van der Waals surface area (Å²) in [6, 6.07) is 15.0. The van der Waals surface area contributed by atoms with Crippen LogP contribution in [0.4, 0.5) is 0 Å². The molecule has 1 aromatic carbocycles. The van der Waals surface area contributed by atoms with Gasteiger partial charge in [-0.15, -0.1) is 0 Å². The van der Waals surface area contributed by atoms with E-state index in [2.05, 4.69) is 31.3 Å². The Morgan fingerprint density at radius 1 is 1.11 bits per heavy atom.